The normalized spacial score (nSPS) is 11.8. The zero-order valence-corrected chi connectivity index (χ0v) is 11.4. The molecule has 1 rings (SSSR count). The summed E-state index contributed by atoms with van der Waals surface area (Å²) < 4.78 is 10.00. The molecule has 1 unspecified atom stereocenters. The van der Waals surface area contributed by atoms with Gasteiger partial charge in [-0.3, -0.25) is 0 Å². The van der Waals surface area contributed by atoms with Crippen LogP contribution in [0.4, 0.5) is 4.79 Å². The van der Waals surface area contributed by atoms with Gasteiger partial charge in [0.15, 0.2) is 0 Å². The van der Waals surface area contributed by atoms with Gasteiger partial charge in [-0.25, -0.2) is 9.59 Å². The van der Waals surface area contributed by atoms with Crippen LogP contribution in [0.2, 0.25) is 0 Å². The lowest BCUT2D eigenvalue weighted by molar-refractivity contribution is -0.142. The number of hydrogen-bond donors (Lipinski definition) is 3. The number of aliphatic carboxylic acids is 1. The van der Waals surface area contributed by atoms with Crippen LogP contribution in [0.3, 0.4) is 0 Å². The van der Waals surface area contributed by atoms with E-state index in [0.29, 0.717) is 0 Å². The highest BCUT2D eigenvalue weighted by molar-refractivity contribution is 5.74. The number of carbonyl (C=O) groups excluding carboxylic acids is 1. The Labute approximate surface area is 117 Å². The molecule has 2 amide bonds. The molecule has 1 atom stereocenters. The number of carbonyl (C=O) groups is 2. The molecule has 20 heavy (non-hydrogen) atoms. The molecule has 7 heteroatoms. The van der Waals surface area contributed by atoms with E-state index in [-0.39, 0.29) is 31.8 Å². The Balaban J connectivity index is 2.04. The summed E-state index contributed by atoms with van der Waals surface area (Å²) in [6, 6.07) is 3.44. The Bertz CT molecular complexity index is 405. The Kier molecular flexibility index (Phi) is 7.20. The van der Waals surface area contributed by atoms with Crippen molar-refractivity contribution in [2.75, 3.05) is 19.8 Å². The summed E-state index contributed by atoms with van der Waals surface area (Å²) >= 11 is 0. The lowest BCUT2D eigenvalue weighted by Gasteiger charge is -2.14. The van der Waals surface area contributed by atoms with E-state index >= 15 is 0 Å². The summed E-state index contributed by atoms with van der Waals surface area (Å²) in [6.45, 7) is 1.98. The average molecular weight is 284 g/mol. The number of hydrogen-bond acceptors (Lipinski definition) is 4. The van der Waals surface area contributed by atoms with Crippen LogP contribution in [0.5, 0.6) is 0 Å². The van der Waals surface area contributed by atoms with Crippen LogP contribution in [-0.2, 0) is 16.0 Å². The van der Waals surface area contributed by atoms with Crippen molar-refractivity contribution in [2.45, 2.75) is 25.8 Å². The van der Waals surface area contributed by atoms with Gasteiger partial charge in [0.1, 0.15) is 12.4 Å². The lowest BCUT2D eigenvalue weighted by Crippen LogP contribution is -2.42. The minimum atomic E-state index is -1.03. The van der Waals surface area contributed by atoms with Crippen LogP contribution in [-0.4, -0.2) is 42.9 Å². The molecule has 1 aromatic heterocycles. The van der Waals surface area contributed by atoms with Gasteiger partial charge < -0.3 is 24.9 Å². The molecular weight excluding hydrogens is 264 g/mol. The van der Waals surface area contributed by atoms with E-state index in [0.717, 1.165) is 18.6 Å². The smallest absolute Gasteiger partial charge is 0.329 e. The molecule has 0 radical (unpaired) electrons. The maximum absolute atomic E-state index is 11.5. The third-order valence-electron chi connectivity index (χ3n) is 2.54. The van der Waals surface area contributed by atoms with Crippen molar-refractivity contribution in [3.8, 4) is 0 Å². The van der Waals surface area contributed by atoms with Gasteiger partial charge in [0.05, 0.1) is 12.9 Å². The largest absolute Gasteiger partial charge is 0.480 e. The fourth-order valence-electron chi connectivity index (χ4n) is 1.56. The van der Waals surface area contributed by atoms with Crippen LogP contribution in [0.1, 0.15) is 19.1 Å². The first-order chi connectivity index (χ1) is 9.58. The highest BCUT2D eigenvalue weighted by Gasteiger charge is 2.07. The zero-order chi connectivity index (χ0) is 14.8. The first kappa shape index (κ1) is 16.0. The van der Waals surface area contributed by atoms with Gasteiger partial charge in [-0.2, -0.15) is 0 Å². The van der Waals surface area contributed by atoms with E-state index in [1.807, 2.05) is 19.1 Å². The second-order valence-electron chi connectivity index (χ2n) is 4.37. The SMILES string of the molecule is CC(CCc1ccco1)NC(=O)NCCOCC(=O)O. The molecule has 0 bridgehead atoms. The summed E-state index contributed by atoms with van der Waals surface area (Å²) in [5.74, 6) is -0.137. The standard InChI is InChI=1S/C13H20N2O5/c1-10(4-5-11-3-2-7-20-11)15-13(18)14-6-8-19-9-12(16)17/h2-3,7,10H,4-6,8-9H2,1H3,(H,16,17)(H2,14,15,18). The third kappa shape index (κ3) is 7.42. The van der Waals surface area contributed by atoms with E-state index in [9.17, 15) is 9.59 Å². The number of ether oxygens (including phenoxy) is 1. The minimum Gasteiger partial charge on any atom is -0.480 e. The number of amides is 2. The number of nitrogens with one attached hydrogen (secondary N) is 2. The fourth-order valence-corrected chi connectivity index (χ4v) is 1.56. The molecule has 3 N–H and O–H groups in total. The van der Waals surface area contributed by atoms with Crippen molar-refractivity contribution >= 4 is 12.0 Å². The van der Waals surface area contributed by atoms with E-state index < -0.39 is 5.97 Å². The molecule has 0 spiro atoms. The molecule has 0 fully saturated rings. The number of aryl methyl sites for hydroxylation is 1. The van der Waals surface area contributed by atoms with E-state index in [2.05, 4.69) is 10.6 Å². The maximum atomic E-state index is 11.5. The summed E-state index contributed by atoms with van der Waals surface area (Å²) in [7, 11) is 0. The van der Waals surface area contributed by atoms with Gasteiger partial charge in [-0.1, -0.05) is 0 Å². The molecule has 0 aliphatic carbocycles. The Morgan fingerprint density at radius 3 is 2.95 bits per heavy atom. The molecular formula is C13H20N2O5. The van der Waals surface area contributed by atoms with Gasteiger partial charge in [-0.15, -0.1) is 0 Å². The van der Waals surface area contributed by atoms with Gasteiger partial charge in [0, 0.05) is 19.0 Å². The number of furan rings is 1. The number of rotatable bonds is 9. The van der Waals surface area contributed by atoms with Crippen molar-refractivity contribution in [1.82, 2.24) is 10.6 Å². The maximum Gasteiger partial charge on any atom is 0.329 e. The highest BCUT2D eigenvalue weighted by atomic mass is 16.5. The molecule has 1 heterocycles. The van der Waals surface area contributed by atoms with Gasteiger partial charge in [0.2, 0.25) is 0 Å². The molecule has 7 nitrogen and oxygen atoms in total. The van der Waals surface area contributed by atoms with Crippen LogP contribution in [0.25, 0.3) is 0 Å². The fraction of sp³-hybridized carbons (Fsp3) is 0.538. The van der Waals surface area contributed by atoms with Gasteiger partial charge >= 0.3 is 12.0 Å². The van der Waals surface area contributed by atoms with Crippen LogP contribution >= 0.6 is 0 Å². The molecule has 0 aliphatic heterocycles. The van der Waals surface area contributed by atoms with Crippen molar-refractivity contribution in [1.29, 1.82) is 0 Å². The Hall–Kier alpha value is -2.02. The topological polar surface area (TPSA) is 101 Å². The second kappa shape index (κ2) is 8.98. The molecule has 0 aromatic carbocycles. The minimum absolute atomic E-state index is 0.0139. The number of carboxylic acids is 1. The summed E-state index contributed by atoms with van der Waals surface area (Å²) in [5, 5.41) is 13.7. The summed E-state index contributed by atoms with van der Waals surface area (Å²) in [5.41, 5.74) is 0. The number of carboxylic acid groups (broad SMARTS) is 1. The lowest BCUT2D eigenvalue weighted by atomic mass is 10.1. The monoisotopic (exact) mass is 284 g/mol. The van der Waals surface area contributed by atoms with Crippen molar-refractivity contribution in [3.63, 3.8) is 0 Å². The van der Waals surface area contributed by atoms with Gasteiger partial charge in [-0.05, 0) is 25.5 Å². The quantitative estimate of drug-likeness (QED) is 0.587. The van der Waals surface area contributed by atoms with Crippen molar-refractivity contribution < 1.29 is 23.8 Å². The summed E-state index contributed by atoms with van der Waals surface area (Å²) in [4.78, 5) is 21.7. The highest BCUT2D eigenvalue weighted by Crippen LogP contribution is 2.05. The van der Waals surface area contributed by atoms with E-state index in [1.54, 1.807) is 6.26 Å². The predicted molar refractivity (Wildman–Crippen MR) is 71.5 cm³/mol. The molecule has 0 aliphatic rings. The molecule has 0 saturated heterocycles. The number of urea groups is 1. The van der Waals surface area contributed by atoms with Crippen molar-refractivity contribution in [3.05, 3.63) is 24.2 Å². The molecule has 1 aromatic rings. The van der Waals surface area contributed by atoms with Crippen LogP contribution < -0.4 is 10.6 Å². The summed E-state index contributed by atoms with van der Waals surface area (Å²) in [6.07, 6.45) is 3.16. The third-order valence-corrected chi connectivity index (χ3v) is 2.54. The molecule has 112 valence electrons. The van der Waals surface area contributed by atoms with E-state index in [1.165, 1.54) is 0 Å². The predicted octanol–water partition coefficient (Wildman–Crippen LogP) is 1.00. The first-order valence-electron chi connectivity index (χ1n) is 6.44. The van der Waals surface area contributed by atoms with Crippen LogP contribution in [0.15, 0.2) is 22.8 Å². The Morgan fingerprint density at radius 1 is 1.50 bits per heavy atom. The Morgan fingerprint density at radius 2 is 2.30 bits per heavy atom. The van der Waals surface area contributed by atoms with Crippen molar-refractivity contribution in [2.24, 2.45) is 0 Å². The van der Waals surface area contributed by atoms with E-state index in [4.69, 9.17) is 14.3 Å². The zero-order valence-electron chi connectivity index (χ0n) is 11.4. The first-order valence-corrected chi connectivity index (χ1v) is 6.44. The second-order valence-corrected chi connectivity index (χ2v) is 4.37. The van der Waals surface area contributed by atoms with Gasteiger partial charge in [0.25, 0.3) is 0 Å². The average Bonchev–Trinajstić information content (AvgIpc) is 2.88. The van der Waals surface area contributed by atoms with Crippen LogP contribution in [0, 0.1) is 0 Å². The molecule has 0 saturated carbocycles.